The highest BCUT2D eigenvalue weighted by atomic mass is 16.1. The van der Waals surface area contributed by atoms with E-state index in [4.69, 9.17) is 0 Å². The maximum Gasteiger partial charge on any atom is 0.243 e. The summed E-state index contributed by atoms with van der Waals surface area (Å²) >= 11 is 0. The van der Waals surface area contributed by atoms with E-state index in [1.54, 1.807) is 0 Å². The van der Waals surface area contributed by atoms with Gasteiger partial charge in [0.05, 0.1) is 0 Å². The van der Waals surface area contributed by atoms with Crippen LogP contribution >= 0.6 is 0 Å². The fourth-order valence-corrected chi connectivity index (χ4v) is 2.44. The summed E-state index contributed by atoms with van der Waals surface area (Å²) in [6.45, 7) is 6.27. The Kier molecular flexibility index (Phi) is 4.53. The molecule has 1 fully saturated rings. The fraction of sp³-hybridized carbons (Fsp3) is 0.400. The molecule has 0 saturated carbocycles. The molecular formula is C15H20N2O. The molecule has 1 amide bonds. The summed E-state index contributed by atoms with van der Waals surface area (Å²) in [7, 11) is 0. The molecule has 1 aliphatic rings. The smallest absolute Gasteiger partial charge is 0.243 e. The van der Waals surface area contributed by atoms with Crippen LogP contribution in [0.15, 0.2) is 43.0 Å². The Morgan fingerprint density at radius 1 is 1.44 bits per heavy atom. The highest BCUT2D eigenvalue weighted by Gasteiger charge is 2.24. The maximum atomic E-state index is 11.2. The van der Waals surface area contributed by atoms with Crippen LogP contribution in [0.5, 0.6) is 0 Å². The van der Waals surface area contributed by atoms with Gasteiger partial charge in [-0.2, -0.15) is 0 Å². The zero-order valence-corrected chi connectivity index (χ0v) is 10.6. The average molecular weight is 244 g/mol. The molecule has 2 rings (SSSR count). The number of hydrogen-bond acceptors (Lipinski definition) is 2. The average Bonchev–Trinajstić information content (AvgIpc) is 2.84. The highest BCUT2D eigenvalue weighted by Crippen LogP contribution is 2.19. The van der Waals surface area contributed by atoms with Crippen molar-refractivity contribution in [1.82, 2.24) is 10.2 Å². The van der Waals surface area contributed by atoms with Crippen molar-refractivity contribution >= 4 is 5.91 Å². The maximum absolute atomic E-state index is 11.2. The SMILES string of the molecule is C=CC(=O)NC[C@@H]1CCCN1Cc1ccccc1. The molecule has 1 N–H and O–H groups in total. The van der Waals surface area contributed by atoms with Crippen molar-refractivity contribution in [2.24, 2.45) is 0 Å². The predicted molar refractivity (Wildman–Crippen MR) is 73.1 cm³/mol. The number of rotatable bonds is 5. The van der Waals surface area contributed by atoms with E-state index in [9.17, 15) is 4.79 Å². The van der Waals surface area contributed by atoms with Crippen LogP contribution in [0.25, 0.3) is 0 Å². The summed E-state index contributed by atoms with van der Waals surface area (Å²) in [6.07, 6.45) is 3.70. The molecule has 3 nitrogen and oxygen atoms in total. The lowest BCUT2D eigenvalue weighted by Crippen LogP contribution is -2.39. The van der Waals surface area contributed by atoms with Gasteiger partial charge in [0, 0.05) is 19.1 Å². The van der Waals surface area contributed by atoms with Crippen LogP contribution in [0.4, 0.5) is 0 Å². The van der Waals surface area contributed by atoms with Crippen LogP contribution in [0.1, 0.15) is 18.4 Å². The number of likely N-dealkylation sites (tertiary alicyclic amines) is 1. The molecule has 1 aliphatic heterocycles. The normalized spacial score (nSPS) is 19.7. The van der Waals surface area contributed by atoms with Gasteiger partial charge >= 0.3 is 0 Å². The summed E-state index contributed by atoms with van der Waals surface area (Å²) in [6, 6.07) is 10.9. The van der Waals surface area contributed by atoms with Crippen molar-refractivity contribution in [3.05, 3.63) is 48.6 Å². The number of amides is 1. The van der Waals surface area contributed by atoms with Crippen molar-refractivity contribution in [3.63, 3.8) is 0 Å². The van der Waals surface area contributed by atoms with Crippen LogP contribution in [0, 0.1) is 0 Å². The molecule has 0 aromatic heterocycles. The van der Waals surface area contributed by atoms with Crippen molar-refractivity contribution in [2.45, 2.75) is 25.4 Å². The summed E-state index contributed by atoms with van der Waals surface area (Å²) < 4.78 is 0. The van der Waals surface area contributed by atoms with Crippen LogP contribution in [0.2, 0.25) is 0 Å². The van der Waals surface area contributed by atoms with Crippen LogP contribution < -0.4 is 5.32 Å². The lowest BCUT2D eigenvalue weighted by atomic mass is 10.2. The third-order valence-electron chi connectivity index (χ3n) is 3.42. The second kappa shape index (κ2) is 6.36. The summed E-state index contributed by atoms with van der Waals surface area (Å²) in [5.41, 5.74) is 1.33. The molecule has 1 saturated heterocycles. The molecule has 0 bridgehead atoms. The van der Waals surface area contributed by atoms with Crippen LogP contribution in [-0.4, -0.2) is 29.9 Å². The number of carbonyl (C=O) groups is 1. The molecule has 1 atom stereocenters. The van der Waals surface area contributed by atoms with E-state index in [1.807, 2.05) is 6.07 Å². The van der Waals surface area contributed by atoms with Gasteiger partial charge in [0.15, 0.2) is 0 Å². The molecule has 1 aromatic carbocycles. The van der Waals surface area contributed by atoms with E-state index < -0.39 is 0 Å². The quantitative estimate of drug-likeness (QED) is 0.803. The Morgan fingerprint density at radius 3 is 2.94 bits per heavy atom. The molecule has 1 heterocycles. The lowest BCUT2D eigenvalue weighted by Gasteiger charge is -2.24. The highest BCUT2D eigenvalue weighted by molar-refractivity contribution is 5.86. The zero-order chi connectivity index (χ0) is 12.8. The van der Waals surface area contributed by atoms with Gasteiger partial charge in [0.25, 0.3) is 0 Å². The first kappa shape index (κ1) is 12.8. The minimum atomic E-state index is -0.0819. The molecule has 0 unspecified atom stereocenters. The van der Waals surface area contributed by atoms with Gasteiger partial charge in [0.2, 0.25) is 5.91 Å². The van der Waals surface area contributed by atoms with Crippen molar-refractivity contribution < 1.29 is 4.79 Å². The molecule has 0 spiro atoms. The van der Waals surface area contributed by atoms with Crippen molar-refractivity contribution in [1.29, 1.82) is 0 Å². The number of nitrogens with zero attached hydrogens (tertiary/aromatic N) is 1. The second-order valence-electron chi connectivity index (χ2n) is 4.70. The van der Waals surface area contributed by atoms with E-state index >= 15 is 0 Å². The molecular weight excluding hydrogens is 224 g/mol. The first-order valence-electron chi connectivity index (χ1n) is 6.48. The molecule has 18 heavy (non-hydrogen) atoms. The van der Waals surface area contributed by atoms with Gasteiger partial charge < -0.3 is 5.32 Å². The first-order chi connectivity index (χ1) is 8.79. The van der Waals surface area contributed by atoms with E-state index in [1.165, 1.54) is 18.1 Å². The Morgan fingerprint density at radius 2 is 2.22 bits per heavy atom. The second-order valence-corrected chi connectivity index (χ2v) is 4.70. The third kappa shape index (κ3) is 3.44. The standard InChI is InChI=1S/C15H20N2O/c1-2-15(18)16-11-14-9-6-10-17(14)12-13-7-4-3-5-8-13/h2-5,7-8,14H,1,6,9-12H2,(H,16,18)/t14-/m0/s1. The lowest BCUT2D eigenvalue weighted by molar-refractivity contribution is -0.116. The van der Waals surface area contributed by atoms with E-state index in [2.05, 4.69) is 41.1 Å². The van der Waals surface area contributed by atoms with Crippen molar-refractivity contribution in [3.8, 4) is 0 Å². The van der Waals surface area contributed by atoms with Crippen LogP contribution in [0.3, 0.4) is 0 Å². The number of carbonyl (C=O) groups excluding carboxylic acids is 1. The Balaban J connectivity index is 1.87. The van der Waals surface area contributed by atoms with E-state index in [0.717, 1.165) is 26.1 Å². The largest absolute Gasteiger partial charge is 0.351 e. The van der Waals surface area contributed by atoms with Gasteiger partial charge in [-0.25, -0.2) is 0 Å². The molecule has 0 radical (unpaired) electrons. The molecule has 0 aliphatic carbocycles. The topological polar surface area (TPSA) is 32.3 Å². The number of hydrogen-bond donors (Lipinski definition) is 1. The van der Waals surface area contributed by atoms with Gasteiger partial charge in [-0.1, -0.05) is 36.9 Å². The predicted octanol–water partition coefficient (Wildman–Crippen LogP) is 1.95. The third-order valence-corrected chi connectivity index (χ3v) is 3.42. The van der Waals surface area contributed by atoms with Crippen LogP contribution in [-0.2, 0) is 11.3 Å². The monoisotopic (exact) mass is 244 g/mol. The van der Waals surface area contributed by atoms with Gasteiger partial charge in [-0.3, -0.25) is 9.69 Å². The Labute approximate surface area is 108 Å². The molecule has 3 heteroatoms. The minimum Gasteiger partial charge on any atom is -0.351 e. The Hall–Kier alpha value is -1.61. The summed E-state index contributed by atoms with van der Waals surface area (Å²) in [5.74, 6) is -0.0819. The molecule has 1 aromatic rings. The van der Waals surface area contributed by atoms with Gasteiger partial charge in [0.1, 0.15) is 0 Å². The van der Waals surface area contributed by atoms with E-state index in [0.29, 0.717) is 6.04 Å². The summed E-state index contributed by atoms with van der Waals surface area (Å²) in [5, 5.41) is 2.89. The Bertz CT molecular complexity index is 402. The van der Waals surface area contributed by atoms with Crippen molar-refractivity contribution in [2.75, 3.05) is 13.1 Å². The number of nitrogens with one attached hydrogen (secondary N) is 1. The van der Waals surface area contributed by atoms with E-state index in [-0.39, 0.29) is 5.91 Å². The van der Waals surface area contributed by atoms with Gasteiger partial charge in [-0.15, -0.1) is 0 Å². The minimum absolute atomic E-state index is 0.0819. The fourth-order valence-electron chi connectivity index (χ4n) is 2.44. The summed E-state index contributed by atoms with van der Waals surface area (Å²) in [4.78, 5) is 13.6. The zero-order valence-electron chi connectivity index (χ0n) is 10.6. The van der Waals surface area contributed by atoms with Gasteiger partial charge in [-0.05, 0) is 31.0 Å². The number of benzene rings is 1. The first-order valence-corrected chi connectivity index (χ1v) is 6.48. The molecule has 96 valence electrons.